The molecule has 2 aromatic carbocycles. The van der Waals surface area contributed by atoms with Crippen LogP contribution in [0, 0.1) is 0 Å². The number of hydrogen-bond donors (Lipinski definition) is 1. The molecule has 30 heavy (non-hydrogen) atoms. The number of nitrogens with one attached hydrogen (secondary N) is 1. The van der Waals surface area contributed by atoms with Gasteiger partial charge in [-0.3, -0.25) is 9.59 Å². The predicted molar refractivity (Wildman–Crippen MR) is 127 cm³/mol. The molecule has 0 saturated carbocycles. The van der Waals surface area contributed by atoms with Crippen LogP contribution in [0.4, 0.5) is 0 Å². The molecule has 8 heteroatoms. The molecule has 0 heterocycles. The minimum Gasteiger partial charge on any atom is -0.354 e. The molecule has 0 saturated heterocycles. The summed E-state index contributed by atoms with van der Waals surface area (Å²) in [5.41, 5.74) is 1.71. The van der Waals surface area contributed by atoms with Crippen LogP contribution in [-0.2, 0) is 21.9 Å². The van der Waals surface area contributed by atoms with E-state index in [9.17, 15) is 9.59 Å². The molecule has 0 aliphatic heterocycles. The van der Waals surface area contributed by atoms with E-state index >= 15 is 0 Å². The molecule has 1 N–H and O–H groups in total. The Hall–Kier alpha value is -1.40. The zero-order valence-corrected chi connectivity index (χ0v) is 20.0. The average molecular weight is 488 g/mol. The molecular weight excluding hydrogens is 463 g/mol. The third-order valence-electron chi connectivity index (χ3n) is 4.51. The summed E-state index contributed by atoms with van der Waals surface area (Å²) in [6.07, 6.45) is 0.823. The highest BCUT2D eigenvalue weighted by Gasteiger charge is 2.26. The third-order valence-corrected chi connectivity index (χ3v) is 6.44. The molecule has 2 amide bonds. The van der Waals surface area contributed by atoms with Crippen molar-refractivity contribution in [2.24, 2.45) is 0 Å². The predicted octanol–water partition coefficient (Wildman–Crippen LogP) is 5.82. The Morgan fingerprint density at radius 2 is 1.80 bits per heavy atom. The Morgan fingerprint density at radius 3 is 2.47 bits per heavy atom. The molecule has 4 nitrogen and oxygen atoms in total. The van der Waals surface area contributed by atoms with Crippen LogP contribution >= 0.6 is 46.6 Å². The van der Waals surface area contributed by atoms with Crippen LogP contribution in [0.1, 0.15) is 31.4 Å². The lowest BCUT2D eigenvalue weighted by molar-refractivity contribution is -0.138. The van der Waals surface area contributed by atoms with Gasteiger partial charge in [-0.25, -0.2) is 0 Å². The molecule has 2 rings (SSSR count). The molecule has 0 bridgehead atoms. The van der Waals surface area contributed by atoms with Crippen LogP contribution in [0.3, 0.4) is 0 Å². The first-order valence-corrected chi connectivity index (χ1v) is 11.9. The van der Waals surface area contributed by atoms with E-state index in [-0.39, 0.29) is 24.1 Å². The molecule has 162 valence electrons. The van der Waals surface area contributed by atoms with E-state index in [2.05, 4.69) is 5.32 Å². The lowest BCUT2D eigenvalue weighted by atomic mass is 10.1. The maximum Gasteiger partial charge on any atom is 0.242 e. The molecule has 0 aromatic heterocycles. The van der Waals surface area contributed by atoms with Crippen molar-refractivity contribution in [2.45, 2.75) is 38.6 Å². The Kier molecular flexibility index (Phi) is 10.3. The fourth-order valence-corrected chi connectivity index (χ4v) is 4.42. The maximum absolute atomic E-state index is 13.0. The largest absolute Gasteiger partial charge is 0.354 e. The summed E-state index contributed by atoms with van der Waals surface area (Å²) in [6, 6.07) is 12.1. The van der Waals surface area contributed by atoms with Gasteiger partial charge in [0.15, 0.2) is 0 Å². The Labute approximate surface area is 197 Å². The lowest BCUT2D eigenvalue weighted by Gasteiger charge is -2.29. The summed E-state index contributed by atoms with van der Waals surface area (Å²) in [5, 5.41) is 4.51. The molecule has 2 aromatic rings. The van der Waals surface area contributed by atoms with E-state index in [1.807, 2.05) is 31.2 Å². The summed E-state index contributed by atoms with van der Waals surface area (Å²) in [4.78, 5) is 27.1. The topological polar surface area (TPSA) is 49.4 Å². The van der Waals surface area contributed by atoms with Crippen molar-refractivity contribution in [1.29, 1.82) is 0 Å². The lowest BCUT2D eigenvalue weighted by Crippen LogP contribution is -2.48. The van der Waals surface area contributed by atoms with E-state index in [0.717, 1.165) is 17.5 Å². The SMILES string of the molecule is CCCNC(=O)[C@@H](C)N(Cc1ccc(Cl)cc1Cl)C(=O)CSCc1ccccc1Cl. The smallest absolute Gasteiger partial charge is 0.242 e. The minimum atomic E-state index is -0.628. The van der Waals surface area contributed by atoms with E-state index in [0.29, 0.717) is 27.4 Å². The Bertz CT molecular complexity index is 879. The molecule has 0 spiro atoms. The first-order valence-electron chi connectivity index (χ1n) is 9.65. The summed E-state index contributed by atoms with van der Waals surface area (Å²) < 4.78 is 0. The number of benzene rings is 2. The second kappa shape index (κ2) is 12.5. The van der Waals surface area contributed by atoms with Gasteiger partial charge in [0.1, 0.15) is 6.04 Å². The average Bonchev–Trinajstić information content (AvgIpc) is 2.72. The quantitative estimate of drug-likeness (QED) is 0.459. The first kappa shape index (κ1) is 24.9. The van der Waals surface area contributed by atoms with Gasteiger partial charge in [0.2, 0.25) is 11.8 Å². The standard InChI is InChI=1S/C22H25Cl3N2O2S/c1-3-10-26-22(29)15(2)27(12-16-8-9-18(23)11-20(16)25)21(28)14-30-13-17-6-4-5-7-19(17)24/h4-9,11,15H,3,10,12-14H2,1-2H3,(H,26,29)/t15-/m1/s1. The van der Waals surface area contributed by atoms with Crippen LogP contribution < -0.4 is 5.32 Å². The monoisotopic (exact) mass is 486 g/mol. The minimum absolute atomic E-state index is 0.141. The highest BCUT2D eigenvalue weighted by molar-refractivity contribution is 7.99. The van der Waals surface area contributed by atoms with Crippen molar-refractivity contribution in [3.8, 4) is 0 Å². The number of carbonyl (C=O) groups excluding carboxylic acids is 2. The second-order valence-electron chi connectivity index (χ2n) is 6.81. The summed E-state index contributed by atoms with van der Waals surface area (Å²) in [7, 11) is 0. The number of rotatable bonds is 10. The summed E-state index contributed by atoms with van der Waals surface area (Å²) in [6.45, 7) is 4.49. The molecule has 0 aliphatic carbocycles. The van der Waals surface area contributed by atoms with Crippen molar-refractivity contribution in [3.05, 3.63) is 68.7 Å². The summed E-state index contributed by atoms with van der Waals surface area (Å²) in [5.74, 6) is 0.503. The van der Waals surface area contributed by atoms with Crippen molar-refractivity contribution < 1.29 is 9.59 Å². The number of carbonyl (C=O) groups is 2. The number of amides is 2. The first-order chi connectivity index (χ1) is 14.3. The van der Waals surface area contributed by atoms with Gasteiger partial charge >= 0.3 is 0 Å². The molecule has 0 radical (unpaired) electrons. The summed E-state index contributed by atoms with van der Waals surface area (Å²) >= 11 is 19.9. The molecular formula is C22H25Cl3N2O2S. The zero-order chi connectivity index (χ0) is 22.1. The van der Waals surface area contributed by atoms with Crippen LogP contribution in [-0.4, -0.2) is 35.1 Å². The van der Waals surface area contributed by atoms with Crippen molar-refractivity contribution in [3.63, 3.8) is 0 Å². The highest BCUT2D eigenvalue weighted by atomic mass is 35.5. The fraction of sp³-hybridized carbons (Fsp3) is 0.364. The van der Waals surface area contributed by atoms with Crippen molar-refractivity contribution in [1.82, 2.24) is 10.2 Å². The van der Waals surface area contributed by atoms with E-state index in [4.69, 9.17) is 34.8 Å². The van der Waals surface area contributed by atoms with E-state index in [1.165, 1.54) is 11.8 Å². The Balaban J connectivity index is 2.11. The van der Waals surface area contributed by atoms with E-state index < -0.39 is 6.04 Å². The number of hydrogen-bond acceptors (Lipinski definition) is 3. The van der Waals surface area contributed by atoms with Crippen molar-refractivity contribution in [2.75, 3.05) is 12.3 Å². The van der Waals surface area contributed by atoms with Crippen LogP contribution in [0.15, 0.2) is 42.5 Å². The zero-order valence-electron chi connectivity index (χ0n) is 17.0. The van der Waals surface area contributed by atoms with Crippen LogP contribution in [0.25, 0.3) is 0 Å². The van der Waals surface area contributed by atoms with Gasteiger partial charge in [0.25, 0.3) is 0 Å². The van der Waals surface area contributed by atoms with E-state index in [1.54, 1.807) is 30.0 Å². The van der Waals surface area contributed by atoms with Crippen LogP contribution in [0.2, 0.25) is 15.1 Å². The van der Waals surface area contributed by atoms with Gasteiger partial charge in [-0.15, -0.1) is 11.8 Å². The van der Waals surface area contributed by atoms with Gasteiger partial charge < -0.3 is 10.2 Å². The molecule has 0 fully saturated rings. The third kappa shape index (κ3) is 7.38. The fourth-order valence-electron chi connectivity index (χ4n) is 2.76. The van der Waals surface area contributed by atoms with Gasteiger partial charge in [0, 0.05) is 33.9 Å². The van der Waals surface area contributed by atoms with Gasteiger partial charge in [-0.2, -0.15) is 0 Å². The maximum atomic E-state index is 13.0. The number of nitrogens with zero attached hydrogens (tertiary/aromatic N) is 1. The highest BCUT2D eigenvalue weighted by Crippen LogP contribution is 2.25. The molecule has 1 atom stereocenters. The second-order valence-corrected chi connectivity index (χ2v) is 9.05. The van der Waals surface area contributed by atoms with Gasteiger partial charge in [-0.05, 0) is 42.7 Å². The van der Waals surface area contributed by atoms with Crippen LogP contribution in [0.5, 0.6) is 0 Å². The Morgan fingerprint density at radius 1 is 1.07 bits per heavy atom. The normalized spacial score (nSPS) is 11.8. The number of thioether (sulfide) groups is 1. The molecule has 0 unspecified atom stereocenters. The molecule has 0 aliphatic rings. The number of halogens is 3. The van der Waals surface area contributed by atoms with Gasteiger partial charge in [-0.1, -0.05) is 66.0 Å². The van der Waals surface area contributed by atoms with Crippen molar-refractivity contribution >= 4 is 58.4 Å². The van der Waals surface area contributed by atoms with Gasteiger partial charge in [0.05, 0.1) is 5.75 Å².